The maximum absolute atomic E-state index is 12.7. The molecule has 0 spiro atoms. The van der Waals surface area contributed by atoms with Crippen molar-refractivity contribution in [2.75, 3.05) is 0 Å². The van der Waals surface area contributed by atoms with Crippen LogP contribution in [0.3, 0.4) is 0 Å². The van der Waals surface area contributed by atoms with Gasteiger partial charge in [-0.15, -0.1) is 0 Å². The van der Waals surface area contributed by atoms with Crippen LogP contribution >= 0.6 is 0 Å². The van der Waals surface area contributed by atoms with Crippen LogP contribution in [0.15, 0.2) is 12.4 Å². The zero-order valence-electron chi connectivity index (χ0n) is 16.6. The van der Waals surface area contributed by atoms with E-state index in [9.17, 15) is 9.59 Å². The van der Waals surface area contributed by atoms with Crippen molar-refractivity contribution < 1.29 is 9.59 Å². The van der Waals surface area contributed by atoms with Gasteiger partial charge in [-0.05, 0) is 50.4 Å². The fraction of sp³-hybridized carbons (Fsp3) is 0.762. The quantitative estimate of drug-likeness (QED) is 0.719. The van der Waals surface area contributed by atoms with E-state index in [2.05, 4.69) is 15.7 Å². The van der Waals surface area contributed by atoms with E-state index in [-0.39, 0.29) is 36.5 Å². The zero-order chi connectivity index (χ0) is 19.5. The first kappa shape index (κ1) is 19.4. The van der Waals surface area contributed by atoms with Crippen LogP contribution in [-0.2, 0) is 11.3 Å². The van der Waals surface area contributed by atoms with Crippen LogP contribution in [0.5, 0.6) is 0 Å². The van der Waals surface area contributed by atoms with Crippen molar-refractivity contribution in [3.05, 3.63) is 18.0 Å². The largest absolute Gasteiger partial charge is 0.352 e. The molecule has 3 aliphatic carbocycles. The first-order chi connectivity index (χ1) is 13.6. The molecule has 28 heavy (non-hydrogen) atoms. The Balaban J connectivity index is 1.31. The van der Waals surface area contributed by atoms with Gasteiger partial charge in [0.15, 0.2) is 0 Å². The van der Waals surface area contributed by atoms with Crippen LogP contribution in [0.4, 0.5) is 0 Å². The molecule has 1 heterocycles. The third-order valence-electron chi connectivity index (χ3n) is 6.85. The van der Waals surface area contributed by atoms with Gasteiger partial charge in [0.1, 0.15) is 6.54 Å². The zero-order valence-corrected chi connectivity index (χ0v) is 16.6. The summed E-state index contributed by atoms with van der Waals surface area (Å²) in [6.07, 6.45) is 14.5. The summed E-state index contributed by atoms with van der Waals surface area (Å²) in [5.74, 6) is 0.861. The maximum atomic E-state index is 12.7. The summed E-state index contributed by atoms with van der Waals surface area (Å²) in [5.41, 5.74) is 6.71. The summed E-state index contributed by atoms with van der Waals surface area (Å²) in [7, 11) is 0. The van der Waals surface area contributed by atoms with E-state index in [0.29, 0.717) is 17.4 Å². The molecule has 1 aromatic rings. The van der Waals surface area contributed by atoms with E-state index in [1.807, 2.05) is 0 Å². The normalized spacial score (nSPS) is 30.6. The Morgan fingerprint density at radius 3 is 2.46 bits per heavy atom. The lowest BCUT2D eigenvalue weighted by Crippen LogP contribution is -2.53. The van der Waals surface area contributed by atoms with Crippen LogP contribution in [0.25, 0.3) is 0 Å². The number of carbonyl (C=O) groups is 2. The Bertz CT molecular complexity index is 683. The lowest BCUT2D eigenvalue weighted by Gasteiger charge is -2.45. The highest BCUT2D eigenvalue weighted by Crippen LogP contribution is 2.39. The molecule has 0 radical (unpaired) electrons. The van der Waals surface area contributed by atoms with Crippen molar-refractivity contribution in [3.8, 4) is 0 Å². The molecule has 2 atom stereocenters. The minimum atomic E-state index is -0.0867. The van der Waals surface area contributed by atoms with E-state index in [0.717, 1.165) is 38.5 Å². The monoisotopic (exact) mass is 387 g/mol. The topological polar surface area (TPSA) is 102 Å². The van der Waals surface area contributed by atoms with Crippen molar-refractivity contribution >= 4 is 11.8 Å². The number of hydrogen-bond donors (Lipinski definition) is 3. The van der Waals surface area contributed by atoms with Gasteiger partial charge in [-0.1, -0.05) is 25.7 Å². The number of nitrogens with zero attached hydrogens (tertiary/aromatic N) is 2. The van der Waals surface area contributed by atoms with E-state index >= 15 is 0 Å². The SMILES string of the molecule is NC1CC2CCCC(C1)C2NC(=O)c1cnn(CC(=O)NC2CCCCC2)c1. The van der Waals surface area contributed by atoms with Crippen LogP contribution in [0, 0.1) is 11.8 Å². The Kier molecular flexibility index (Phi) is 5.99. The van der Waals surface area contributed by atoms with Crippen molar-refractivity contribution in [2.24, 2.45) is 17.6 Å². The van der Waals surface area contributed by atoms with Gasteiger partial charge in [0.05, 0.1) is 11.8 Å². The minimum absolute atomic E-state index is 0.0299. The van der Waals surface area contributed by atoms with E-state index in [1.165, 1.54) is 25.7 Å². The highest BCUT2D eigenvalue weighted by Gasteiger charge is 2.40. The number of fused-ring (bicyclic) bond motifs is 2. The molecular formula is C21H33N5O2. The lowest BCUT2D eigenvalue weighted by molar-refractivity contribution is -0.122. The number of carbonyl (C=O) groups excluding carboxylic acids is 2. The second kappa shape index (κ2) is 8.64. The molecule has 4 N–H and O–H groups in total. The molecule has 0 aliphatic heterocycles. The maximum Gasteiger partial charge on any atom is 0.254 e. The molecule has 7 nitrogen and oxygen atoms in total. The lowest BCUT2D eigenvalue weighted by atomic mass is 9.67. The van der Waals surface area contributed by atoms with Crippen molar-refractivity contribution in [3.63, 3.8) is 0 Å². The van der Waals surface area contributed by atoms with Gasteiger partial charge < -0.3 is 16.4 Å². The number of nitrogens with one attached hydrogen (secondary N) is 2. The fourth-order valence-corrected chi connectivity index (χ4v) is 5.49. The van der Waals surface area contributed by atoms with Crippen molar-refractivity contribution in [2.45, 2.75) is 88.9 Å². The smallest absolute Gasteiger partial charge is 0.254 e. The average Bonchev–Trinajstić information content (AvgIpc) is 3.11. The van der Waals surface area contributed by atoms with Crippen LogP contribution < -0.4 is 16.4 Å². The number of hydrogen-bond acceptors (Lipinski definition) is 4. The fourth-order valence-electron chi connectivity index (χ4n) is 5.49. The summed E-state index contributed by atoms with van der Waals surface area (Å²) < 4.78 is 1.56. The van der Waals surface area contributed by atoms with E-state index < -0.39 is 0 Å². The Labute approximate surface area is 166 Å². The average molecular weight is 388 g/mol. The third-order valence-corrected chi connectivity index (χ3v) is 6.85. The van der Waals surface area contributed by atoms with Gasteiger partial charge in [-0.2, -0.15) is 5.10 Å². The molecule has 0 saturated heterocycles. The van der Waals surface area contributed by atoms with E-state index in [4.69, 9.17) is 5.73 Å². The second-order valence-corrected chi connectivity index (χ2v) is 9.01. The van der Waals surface area contributed by atoms with Crippen LogP contribution in [0.1, 0.15) is 74.6 Å². The highest BCUT2D eigenvalue weighted by atomic mass is 16.2. The molecule has 0 aromatic carbocycles. The first-order valence-electron chi connectivity index (χ1n) is 11.0. The molecule has 3 aliphatic rings. The van der Waals surface area contributed by atoms with Gasteiger partial charge in [0.25, 0.3) is 5.91 Å². The van der Waals surface area contributed by atoms with Gasteiger partial charge in [-0.3, -0.25) is 14.3 Å². The van der Waals surface area contributed by atoms with Crippen LogP contribution in [0.2, 0.25) is 0 Å². The number of nitrogens with two attached hydrogens (primary N) is 1. The van der Waals surface area contributed by atoms with Gasteiger partial charge in [0, 0.05) is 24.3 Å². The first-order valence-corrected chi connectivity index (χ1v) is 11.0. The molecule has 7 heteroatoms. The van der Waals surface area contributed by atoms with Crippen LogP contribution in [-0.4, -0.2) is 39.7 Å². The highest BCUT2D eigenvalue weighted by molar-refractivity contribution is 5.94. The molecule has 4 rings (SSSR count). The Hall–Kier alpha value is -1.89. The summed E-state index contributed by atoms with van der Waals surface area (Å²) in [6.45, 7) is 0.160. The van der Waals surface area contributed by atoms with Crippen molar-refractivity contribution in [1.82, 2.24) is 20.4 Å². The Morgan fingerprint density at radius 2 is 1.75 bits per heavy atom. The van der Waals surface area contributed by atoms with Gasteiger partial charge >= 0.3 is 0 Å². The van der Waals surface area contributed by atoms with E-state index in [1.54, 1.807) is 17.1 Å². The summed E-state index contributed by atoms with van der Waals surface area (Å²) in [4.78, 5) is 25.0. The molecule has 1 aromatic heterocycles. The number of aromatic nitrogens is 2. The number of rotatable bonds is 5. The molecule has 2 unspecified atom stereocenters. The predicted octanol–water partition coefficient (Wildman–Crippen LogP) is 1.97. The Morgan fingerprint density at radius 1 is 1.04 bits per heavy atom. The minimum Gasteiger partial charge on any atom is -0.352 e. The predicted molar refractivity (Wildman–Crippen MR) is 107 cm³/mol. The summed E-state index contributed by atoms with van der Waals surface area (Å²) in [6, 6.07) is 0.782. The molecule has 2 amide bonds. The van der Waals surface area contributed by atoms with Crippen molar-refractivity contribution in [1.29, 1.82) is 0 Å². The second-order valence-electron chi connectivity index (χ2n) is 9.01. The standard InChI is InChI=1S/C21H33N5O2/c22-17-9-14-5-4-6-15(10-17)20(14)25-21(28)16-11-23-26(12-16)13-19(27)24-18-7-2-1-3-8-18/h11-12,14-15,17-18,20H,1-10,13,22H2,(H,24,27)(H,25,28). The summed E-state index contributed by atoms with van der Waals surface area (Å²) >= 11 is 0. The third kappa shape index (κ3) is 4.57. The molecule has 3 saturated carbocycles. The molecule has 2 bridgehead atoms. The molecular weight excluding hydrogens is 354 g/mol. The van der Waals surface area contributed by atoms with Gasteiger partial charge in [0.2, 0.25) is 5.91 Å². The molecule has 3 fully saturated rings. The summed E-state index contributed by atoms with van der Waals surface area (Å²) in [5, 5.41) is 10.6. The molecule has 154 valence electrons. The number of amides is 2. The van der Waals surface area contributed by atoms with Gasteiger partial charge in [-0.25, -0.2) is 0 Å².